The van der Waals surface area contributed by atoms with Crippen molar-refractivity contribution in [2.45, 2.75) is 6.42 Å². The number of hydrogen-bond acceptors (Lipinski definition) is 5. The summed E-state index contributed by atoms with van der Waals surface area (Å²) in [6.45, 7) is 0. The lowest BCUT2D eigenvalue weighted by Crippen LogP contribution is -1.95. The number of rotatable bonds is 7. The third-order valence-corrected chi connectivity index (χ3v) is 5.03. The molecule has 2 aromatic carbocycles. The van der Waals surface area contributed by atoms with Gasteiger partial charge in [0.2, 0.25) is 5.75 Å². The average molecular weight is 370 g/mol. The van der Waals surface area contributed by atoms with Crippen LogP contribution in [0.15, 0.2) is 41.8 Å². The largest absolute Gasteiger partial charge is 0.496 e. The van der Waals surface area contributed by atoms with E-state index in [1.807, 2.05) is 12.1 Å². The third kappa shape index (κ3) is 3.63. The summed E-state index contributed by atoms with van der Waals surface area (Å²) in [6.07, 6.45) is 4.98. The Morgan fingerprint density at radius 3 is 2.15 bits per heavy atom. The monoisotopic (exact) mass is 370 g/mol. The molecule has 26 heavy (non-hydrogen) atoms. The fourth-order valence-corrected chi connectivity index (χ4v) is 3.77. The van der Waals surface area contributed by atoms with Gasteiger partial charge >= 0.3 is 0 Å². The van der Waals surface area contributed by atoms with Crippen LogP contribution in [-0.4, -0.2) is 28.4 Å². The second-order valence-electron chi connectivity index (χ2n) is 5.70. The summed E-state index contributed by atoms with van der Waals surface area (Å²) in [5.41, 5.74) is 2.20. The molecule has 0 aliphatic carbocycles. The first-order valence-corrected chi connectivity index (χ1v) is 9.08. The predicted octanol–water partition coefficient (Wildman–Crippen LogP) is 5.19. The molecule has 0 radical (unpaired) electrons. The van der Waals surface area contributed by atoms with E-state index >= 15 is 0 Å². The maximum absolute atomic E-state index is 5.51. The summed E-state index contributed by atoms with van der Waals surface area (Å²) in [4.78, 5) is 0. The molecule has 136 valence electrons. The number of ether oxygens (including phenoxy) is 4. The molecule has 0 saturated heterocycles. The minimum Gasteiger partial charge on any atom is -0.496 e. The van der Waals surface area contributed by atoms with Crippen molar-refractivity contribution in [2.24, 2.45) is 0 Å². The number of benzene rings is 2. The first-order valence-electron chi connectivity index (χ1n) is 8.20. The molecule has 0 saturated carbocycles. The molecule has 5 heteroatoms. The van der Waals surface area contributed by atoms with Crippen LogP contribution in [0, 0.1) is 0 Å². The molecule has 0 aliphatic heterocycles. The number of thiophene rings is 1. The molecule has 0 bridgehead atoms. The van der Waals surface area contributed by atoms with Crippen molar-refractivity contribution < 1.29 is 18.9 Å². The lowest BCUT2D eigenvalue weighted by Gasteiger charge is -2.12. The van der Waals surface area contributed by atoms with Crippen molar-refractivity contribution in [1.82, 2.24) is 0 Å². The molecular formula is C21H22O4S. The normalized spacial score (nSPS) is 11.1. The maximum Gasteiger partial charge on any atom is 0.203 e. The topological polar surface area (TPSA) is 36.9 Å². The first-order chi connectivity index (χ1) is 12.7. The fraction of sp³-hybridized carbons (Fsp3) is 0.238. The SMILES string of the molecule is COc1cc(/C=C\Cc2cc(OC)c3ccsc3c2)cc(OC)c1OC. The summed E-state index contributed by atoms with van der Waals surface area (Å²) in [7, 11) is 6.55. The molecule has 0 amide bonds. The highest BCUT2D eigenvalue weighted by Crippen LogP contribution is 2.38. The van der Waals surface area contributed by atoms with Gasteiger partial charge < -0.3 is 18.9 Å². The number of hydrogen-bond donors (Lipinski definition) is 0. The molecule has 3 rings (SSSR count). The molecule has 0 atom stereocenters. The van der Waals surface area contributed by atoms with Gasteiger partial charge in [0.05, 0.1) is 28.4 Å². The summed E-state index contributed by atoms with van der Waals surface area (Å²) in [5.74, 6) is 2.81. The van der Waals surface area contributed by atoms with Crippen LogP contribution < -0.4 is 18.9 Å². The Balaban J connectivity index is 1.84. The lowest BCUT2D eigenvalue weighted by molar-refractivity contribution is 0.324. The Hall–Kier alpha value is -2.66. The van der Waals surface area contributed by atoms with E-state index < -0.39 is 0 Å². The quantitative estimate of drug-likeness (QED) is 0.573. The summed E-state index contributed by atoms with van der Waals surface area (Å²) in [5, 5.41) is 3.25. The highest BCUT2D eigenvalue weighted by Gasteiger charge is 2.12. The van der Waals surface area contributed by atoms with Crippen molar-refractivity contribution in [1.29, 1.82) is 0 Å². The van der Waals surface area contributed by atoms with Gasteiger partial charge in [-0.15, -0.1) is 11.3 Å². The number of fused-ring (bicyclic) bond motifs is 1. The molecular weight excluding hydrogens is 348 g/mol. The van der Waals surface area contributed by atoms with E-state index in [1.54, 1.807) is 39.8 Å². The zero-order valence-corrected chi connectivity index (χ0v) is 16.2. The van der Waals surface area contributed by atoms with E-state index in [-0.39, 0.29) is 0 Å². The first kappa shape index (κ1) is 18.1. The van der Waals surface area contributed by atoms with Gasteiger partial charge in [0.1, 0.15) is 5.75 Å². The lowest BCUT2D eigenvalue weighted by atomic mass is 10.1. The minimum atomic E-state index is 0.597. The Kier molecular flexibility index (Phi) is 5.68. The van der Waals surface area contributed by atoms with Crippen LogP contribution in [0.25, 0.3) is 16.2 Å². The van der Waals surface area contributed by atoms with Crippen LogP contribution in [0.2, 0.25) is 0 Å². The average Bonchev–Trinajstić information content (AvgIpc) is 3.15. The molecule has 0 N–H and O–H groups in total. The van der Waals surface area contributed by atoms with Crippen LogP contribution >= 0.6 is 11.3 Å². The molecule has 1 heterocycles. The van der Waals surface area contributed by atoms with Gasteiger partial charge in [0.15, 0.2) is 11.5 Å². The van der Waals surface area contributed by atoms with Gasteiger partial charge in [-0.2, -0.15) is 0 Å². The van der Waals surface area contributed by atoms with Gasteiger partial charge in [-0.25, -0.2) is 0 Å². The number of allylic oxidation sites excluding steroid dienone is 1. The van der Waals surface area contributed by atoms with Crippen LogP contribution in [0.5, 0.6) is 23.0 Å². The molecule has 0 fully saturated rings. The van der Waals surface area contributed by atoms with Gasteiger partial charge in [-0.05, 0) is 53.3 Å². The Bertz CT molecular complexity index is 902. The molecule has 3 aromatic rings. The summed E-state index contributed by atoms with van der Waals surface area (Å²) in [6, 6.07) is 10.3. The smallest absolute Gasteiger partial charge is 0.203 e. The minimum absolute atomic E-state index is 0.597. The maximum atomic E-state index is 5.51. The van der Waals surface area contributed by atoms with E-state index in [0.717, 1.165) is 23.1 Å². The van der Waals surface area contributed by atoms with E-state index in [2.05, 4.69) is 35.7 Å². The van der Waals surface area contributed by atoms with Crippen molar-refractivity contribution in [3.05, 3.63) is 52.9 Å². The third-order valence-electron chi connectivity index (χ3n) is 4.16. The number of methoxy groups -OCH3 is 4. The molecule has 0 spiro atoms. The Morgan fingerprint density at radius 1 is 0.846 bits per heavy atom. The van der Waals surface area contributed by atoms with Gasteiger partial charge in [0.25, 0.3) is 0 Å². The van der Waals surface area contributed by atoms with Crippen LogP contribution in [0.3, 0.4) is 0 Å². The highest BCUT2D eigenvalue weighted by molar-refractivity contribution is 7.17. The van der Waals surface area contributed by atoms with Crippen molar-refractivity contribution in [3.63, 3.8) is 0 Å². The standard InChI is InChI=1S/C21H22O4S/c1-22-17-10-15(13-20-16(17)8-9-26-20)7-5-6-14-11-18(23-2)21(25-4)19(12-14)24-3/h5-6,8-13H,7H2,1-4H3/b6-5-. The van der Waals surface area contributed by atoms with Gasteiger partial charge in [-0.1, -0.05) is 12.2 Å². The molecule has 0 aliphatic rings. The highest BCUT2D eigenvalue weighted by atomic mass is 32.1. The van der Waals surface area contributed by atoms with E-state index in [4.69, 9.17) is 18.9 Å². The van der Waals surface area contributed by atoms with Gasteiger partial charge in [0, 0.05) is 10.1 Å². The molecule has 0 unspecified atom stereocenters. The van der Waals surface area contributed by atoms with E-state index in [0.29, 0.717) is 17.2 Å². The zero-order valence-electron chi connectivity index (χ0n) is 15.4. The van der Waals surface area contributed by atoms with Crippen molar-refractivity contribution in [2.75, 3.05) is 28.4 Å². The van der Waals surface area contributed by atoms with Crippen molar-refractivity contribution >= 4 is 27.5 Å². The second kappa shape index (κ2) is 8.15. The van der Waals surface area contributed by atoms with Crippen LogP contribution in [-0.2, 0) is 6.42 Å². The zero-order chi connectivity index (χ0) is 18.5. The van der Waals surface area contributed by atoms with E-state index in [1.165, 1.54) is 10.3 Å². The van der Waals surface area contributed by atoms with E-state index in [9.17, 15) is 0 Å². The molecule has 1 aromatic heterocycles. The molecule has 4 nitrogen and oxygen atoms in total. The Labute approximate surface area is 157 Å². The van der Waals surface area contributed by atoms with Crippen LogP contribution in [0.4, 0.5) is 0 Å². The Morgan fingerprint density at radius 2 is 1.54 bits per heavy atom. The summed E-state index contributed by atoms with van der Waals surface area (Å²) < 4.78 is 22.9. The predicted molar refractivity (Wildman–Crippen MR) is 107 cm³/mol. The summed E-state index contributed by atoms with van der Waals surface area (Å²) >= 11 is 1.72. The van der Waals surface area contributed by atoms with Gasteiger partial charge in [-0.3, -0.25) is 0 Å². The van der Waals surface area contributed by atoms with Crippen LogP contribution in [0.1, 0.15) is 11.1 Å². The fourth-order valence-electron chi connectivity index (χ4n) is 2.91. The second-order valence-corrected chi connectivity index (χ2v) is 6.64. The van der Waals surface area contributed by atoms with Crippen molar-refractivity contribution in [3.8, 4) is 23.0 Å².